The van der Waals surface area contributed by atoms with Gasteiger partial charge in [-0.3, -0.25) is 4.79 Å². The monoisotopic (exact) mass is 316 g/mol. The average Bonchev–Trinajstić information content (AvgIpc) is 2.83. The zero-order chi connectivity index (χ0) is 16.4. The fraction of sp³-hybridized carbons (Fsp3) is 0.800. The Bertz CT molecular complexity index is 579. The molecule has 3 nitrogen and oxygen atoms in total. The van der Waals surface area contributed by atoms with E-state index >= 15 is 0 Å². The first-order valence-electron chi connectivity index (χ1n) is 9.28. The first-order chi connectivity index (χ1) is 10.9. The van der Waals surface area contributed by atoms with Crippen LogP contribution in [0.3, 0.4) is 0 Å². The summed E-state index contributed by atoms with van der Waals surface area (Å²) in [7, 11) is 0. The molecule has 0 aliphatic heterocycles. The lowest BCUT2D eigenvalue weighted by Gasteiger charge is -2.58. The normalized spacial score (nSPS) is 52.2. The zero-order valence-electron chi connectivity index (χ0n) is 14.3. The summed E-state index contributed by atoms with van der Waals surface area (Å²) in [6, 6.07) is 0. The third kappa shape index (κ3) is 1.98. The molecule has 4 rings (SSSR count). The van der Waals surface area contributed by atoms with Crippen LogP contribution in [0.2, 0.25) is 0 Å². The van der Waals surface area contributed by atoms with Crippen molar-refractivity contribution in [3.63, 3.8) is 0 Å². The van der Waals surface area contributed by atoms with E-state index in [9.17, 15) is 14.7 Å². The Balaban J connectivity index is 1.70. The van der Waals surface area contributed by atoms with Gasteiger partial charge in [0.1, 0.15) is 6.29 Å². The Morgan fingerprint density at radius 2 is 1.96 bits per heavy atom. The highest BCUT2D eigenvalue weighted by molar-refractivity contribution is 6.02. The number of allylic oxidation sites excluding steroid dienone is 1. The molecule has 23 heavy (non-hydrogen) atoms. The van der Waals surface area contributed by atoms with Gasteiger partial charge in [-0.15, -0.1) is 0 Å². The predicted molar refractivity (Wildman–Crippen MR) is 87.7 cm³/mol. The second-order valence-electron chi connectivity index (χ2n) is 8.99. The number of hydrogen-bond acceptors (Lipinski definition) is 3. The molecular weight excluding hydrogens is 288 g/mol. The summed E-state index contributed by atoms with van der Waals surface area (Å²) in [6.45, 7) is 4.59. The lowest BCUT2D eigenvalue weighted by Crippen LogP contribution is -2.52. The molecular formula is C20H28O3. The summed E-state index contributed by atoms with van der Waals surface area (Å²) >= 11 is 0. The van der Waals surface area contributed by atoms with E-state index in [-0.39, 0.29) is 22.7 Å². The Kier molecular flexibility index (Phi) is 3.39. The minimum atomic E-state index is -0.440. The molecule has 0 aromatic heterocycles. The first kappa shape index (κ1) is 15.6. The maximum atomic E-state index is 12.1. The summed E-state index contributed by atoms with van der Waals surface area (Å²) in [4.78, 5) is 23.5. The molecule has 0 aromatic carbocycles. The third-order valence-corrected chi connectivity index (χ3v) is 8.18. The minimum Gasteiger partial charge on any atom is -0.393 e. The zero-order valence-corrected chi connectivity index (χ0v) is 14.3. The number of rotatable bonds is 1. The number of ketones is 1. The molecule has 3 heteroatoms. The number of carbonyl (C=O) groups is 2. The molecule has 0 unspecified atom stereocenters. The molecule has 0 amide bonds. The standard InChI is InChI=1S/C20H28O3/c1-19-8-7-16-14(15(19)5-6-18(19)23)4-3-13-9-17(22)12(11-21)10-20(13,16)2/h9,11-12,14-16,18,23H,3-8,10H2,1-2H3/t12-,14+,15+,16+,18+,19+,20+/m1/s1. The number of aliphatic hydroxyl groups excluding tert-OH is 1. The van der Waals surface area contributed by atoms with Gasteiger partial charge >= 0.3 is 0 Å². The van der Waals surface area contributed by atoms with Crippen molar-refractivity contribution in [3.8, 4) is 0 Å². The Labute approximate surface area is 138 Å². The average molecular weight is 316 g/mol. The molecule has 1 N–H and O–H groups in total. The van der Waals surface area contributed by atoms with Crippen LogP contribution in [-0.2, 0) is 9.59 Å². The molecule has 0 radical (unpaired) electrons. The highest BCUT2D eigenvalue weighted by Gasteiger charge is 2.59. The quantitative estimate of drug-likeness (QED) is 0.596. The summed E-state index contributed by atoms with van der Waals surface area (Å²) in [5, 5.41) is 10.5. The van der Waals surface area contributed by atoms with Crippen LogP contribution in [0, 0.1) is 34.5 Å². The van der Waals surface area contributed by atoms with Crippen LogP contribution in [0.15, 0.2) is 11.6 Å². The first-order valence-corrected chi connectivity index (χ1v) is 9.28. The molecule has 7 atom stereocenters. The van der Waals surface area contributed by atoms with Gasteiger partial charge in [0.25, 0.3) is 0 Å². The molecule has 126 valence electrons. The smallest absolute Gasteiger partial charge is 0.165 e. The van der Waals surface area contributed by atoms with E-state index in [1.54, 1.807) is 6.08 Å². The number of carbonyl (C=O) groups excluding carboxylic acids is 2. The predicted octanol–water partition coefficient (Wildman–Crippen LogP) is 3.30. The number of aliphatic hydroxyl groups is 1. The van der Waals surface area contributed by atoms with Gasteiger partial charge < -0.3 is 9.90 Å². The van der Waals surface area contributed by atoms with E-state index in [0.29, 0.717) is 24.2 Å². The topological polar surface area (TPSA) is 54.4 Å². The fourth-order valence-electron chi connectivity index (χ4n) is 6.77. The number of aldehydes is 1. The van der Waals surface area contributed by atoms with E-state index < -0.39 is 5.92 Å². The molecule has 3 fully saturated rings. The second kappa shape index (κ2) is 5.02. The highest BCUT2D eigenvalue weighted by atomic mass is 16.3. The van der Waals surface area contributed by atoms with Crippen molar-refractivity contribution >= 4 is 12.1 Å². The van der Waals surface area contributed by atoms with Gasteiger partial charge in [-0.25, -0.2) is 0 Å². The molecule has 3 saturated carbocycles. The maximum absolute atomic E-state index is 12.1. The van der Waals surface area contributed by atoms with E-state index in [2.05, 4.69) is 13.8 Å². The van der Waals surface area contributed by atoms with Crippen LogP contribution in [0.5, 0.6) is 0 Å². The molecule has 0 saturated heterocycles. The van der Waals surface area contributed by atoms with Crippen molar-refractivity contribution in [1.82, 2.24) is 0 Å². The SMILES string of the molecule is C[C@]12CC[C@H]3[C@@H](CCC4=CC(=O)[C@@H](C=O)C[C@@]43C)[C@@H]1CC[C@@H]2O. The summed E-state index contributed by atoms with van der Waals surface area (Å²) in [6.07, 6.45) is 9.67. The van der Waals surface area contributed by atoms with Gasteiger partial charge in [0.2, 0.25) is 0 Å². The summed E-state index contributed by atoms with van der Waals surface area (Å²) in [5.41, 5.74) is 1.40. The van der Waals surface area contributed by atoms with E-state index in [0.717, 1.165) is 44.8 Å². The largest absolute Gasteiger partial charge is 0.393 e. The van der Waals surface area contributed by atoms with Gasteiger partial charge in [-0.1, -0.05) is 19.4 Å². The van der Waals surface area contributed by atoms with Crippen LogP contribution >= 0.6 is 0 Å². The van der Waals surface area contributed by atoms with Crippen molar-refractivity contribution in [2.75, 3.05) is 0 Å². The summed E-state index contributed by atoms with van der Waals surface area (Å²) in [5.74, 6) is 1.41. The fourth-order valence-corrected chi connectivity index (χ4v) is 6.77. The van der Waals surface area contributed by atoms with Crippen molar-refractivity contribution in [1.29, 1.82) is 0 Å². The van der Waals surface area contributed by atoms with E-state index in [1.165, 1.54) is 5.57 Å². The van der Waals surface area contributed by atoms with Gasteiger partial charge in [0.05, 0.1) is 12.0 Å². The van der Waals surface area contributed by atoms with Gasteiger partial charge in [0, 0.05) is 0 Å². The molecule has 0 heterocycles. The molecule has 0 bridgehead atoms. The van der Waals surface area contributed by atoms with Gasteiger partial charge in [-0.2, -0.15) is 0 Å². The maximum Gasteiger partial charge on any atom is 0.165 e. The Hall–Kier alpha value is -0.960. The number of fused-ring (bicyclic) bond motifs is 5. The minimum absolute atomic E-state index is 0.0112. The molecule has 4 aliphatic rings. The van der Waals surface area contributed by atoms with Crippen molar-refractivity contribution < 1.29 is 14.7 Å². The lowest BCUT2D eigenvalue weighted by atomic mass is 9.46. The van der Waals surface area contributed by atoms with Crippen molar-refractivity contribution in [3.05, 3.63) is 11.6 Å². The second-order valence-corrected chi connectivity index (χ2v) is 8.99. The van der Waals surface area contributed by atoms with Crippen molar-refractivity contribution in [2.45, 2.75) is 64.9 Å². The Morgan fingerprint density at radius 3 is 2.70 bits per heavy atom. The third-order valence-electron chi connectivity index (χ3n) is 8.18. The lowest BCUT2D eigenvalue weighted by molar-refractivity contribution is -0.128. The van der Waals surface area contributed by atoms with Crippen LogP contribution in [-0.4, -0.2) is 23.3 Å². The van der Waals surface area contributed by atoms with Crippen LogP contribution in [0.1, 0.15) is 58.8 Å². The number of hydrogen-bond donors (Lipinski definition) is 1. The molecule has 0 spiro atoms. The highest BCUT2D eigenvalue weighted by Crippen LogP contribution is 2.65. The summed E-state index contributed by atoms with van der Waals surface area (Å²) < 4.78 is 0. The molecule has 4 aliphatic carbocycles. The van der Waals surface area contributed by atoms with Crippen LogP contribution in [0.4, 0.5) is 0 Å². The van der Waals surface area contributed by atoms with Crippen LogP contribution < -0.4 is 0 Å². The Morgan fingerprint density at radius 1 is 1.17 bits per heavy atom. The van der Waals surface area contributed by atoms with Gasteiger partial charge in [-0.05, 0) is 79.6 Å². The van der Waals surface area contributed by atoms with E-state index in [1.807, 2.05) is 0 Å². The van der Waals surface area contributed by atoms with Gasteiger partial charge in [0.15, 0.2) is 5.78 Å². The molecule has 0 aromatic rings. The van der Waals surface area contributed by atoms with Crippen molar-refractivity contribution in [2.24, 2.45) is 34.5 Å². The van der Waals surface area contributed by atoms with Crippen LogP contribution in [0.25, 0.3) is 0 Å². The van der Waals surface area contributed by atoms with E-state index in [4.69, 9.17) is 0 Å².